The van der Waals surface area contributed by atoms with Crippen molar-refractivity contribution in [2.45, 2.75) is 45.8 Å². The van der Waals surface area contributed by atoms with Crippen molar-refractivity contribution in [2.75, 3.05) is 0 Å². The second kappa shape index (κ2) is 5.17. The van der Waals surface area contributed by atoms with Crippen LogP contribution in [0.1, 0.15) is 39.2 Å². The van der Waals surface area contributed by atoms with Gasteiger partial charge in [-0.1, -0.05) is 25.1 Å². The number of hydrogen-bond acceptors (Lipinski definition) is 2. The van der Waals surface area contributed by atoms with Crippen LogP contribution in [0.15, 0.2) is 24.3 Å². The average molecular weight is 208 g/mol. The maximum Gasteiger partial charge on any atom is 0.123 e. The minimum absolute atomic E-state index is 0.0972. The maximum absolute atomic E-state index is 9.58. The van der Waals surface area contributed by atoms with Gasteiger partial charge in [0.25, 0.3) is 0 Å². The number of para-hydroxylation sites is 1. The molecule has 2 heteroatoms. The van der Waals surface area contributed by atoms with E-state index in [1.165, 1.54) is 0 Å². The van der Waals surface area contributed by atoms with Gasteiger partial charge in [0.15, 0.2) is 0 Å². The smallest absolute Gasteiger partial charge is 0.123 e. The number of rotatable bonds is 4. The lowest BCUT2D eigenvalue weighted by Gasteiger charge is -2.20. The van der Waals surface area contributed by atoms with Gasteiger partial charge >= 0.3 is 0 Å². The highest BCUT2D eigenvalue weighted by Gasteiger charge is 2.16. The van der Waals surface area contributed by atoms with Crippen molar-refractivity contribution in [3.63, 3.8) is 0 Å². The van der Waals surface area contributed by atoms with Gasteiger partial charge in [-0.3, -0.25) is 0 Å². The molecule has 1 aromatic carbocycles. The molecule has 1 aromatic rings. The fourth-order valence-electron chi connectivity index (χ4n) is 1.48. The van der Waals surface area contributed by atoms with Gasteiger partial charge in [0.05, 0.1) is 12.2 Å². The molecule has 0 aliphatic carbocycles. The van der Waals surface area contributed by atoms with Gasteiger partial charge in [-0.05, 0) is 32.4 Å². The summed E-state index contributed by atoms with van der Waals surface area (Å²) >= 11 is 0. The van der Waals surface area contributed by atoms with Gasteiger partial charge in [0, 0.05) is 5.92 Å². The molecule has 2 unspecified atom stereocenters. The third-order valence-corrected chi connectivity index (χ3v) is 2.50. The van der Waals surface area contributed by atoms with Crippen molar-refractivity contribution in [2.24, 2.45) is 0 Å². The van der Waals surface area contributed by atoms with E-state index in [4.69, 9.17) is 4.74 Å². The summed E-state index contributed by atoms with van der Waals surface area (Å²) in [5.41, 5.74) is 1.07. The Bertz CT molecular complexity index is 305. The highest BCUT2D eigenvalue weighted by molar-refractivity contribution is 5.36. The van der Waals surface area contributed by atoms with E-state index < -0.39 is 0 Å². The van der Waals surface area contributed by atoms with E-state index in [0.717, 1.165) is 11.3 Å². The third kappa shape index (κ3) is 3.24. The van der Waals surface area contributed by atoms with Crippen LogP contribution >= 0.6 is 0 Å². The Balaban J connectivity index is 2.95. The first-order chi connectivity index (χ1) is 7.02. The normalized spacial score (nSPS) is 15.1. The van der Waals surface area contributed by atoms with Gasteiger partial charge in [0.2, 0.25) is 0 Å². The standard InChI is InChI=1S/C13H20O2/c1-9(2)15-13-8-6-5-7-12(13)10(3)11(4)14/h5-11,14H,1-4H3. The Hall–Kier alpha value is -1.02. The molecule has 0 saturated heterocycles. The van der Waals surface area contributed by atoms with Crippen LogP contribution in [0, 0.1) is 0 Å². The fraction of sp³-hybridized carbons (Fsp3) is 0.538. The number of ether oxygens (including phenoxy) is 1. The molecule has 0 bridgehead atoms. The van der Waals surface area contributed by atoms with Gasteiger partial charge in [-0.25, -0.2) is 0 Å². The number of aliphatic hydroxyl groups is 1. The van der Waals surface area contributed by atoms with Crippen LogP contribution < -0.4 is 4.74 Å². The Kier molecular flexibility index (Phi) is 4.15. The highest BCUT2D eigenvalue weighted by atomic mass is 16.5. The van der Waals surface area contributed by atoms with Crippen LogP contribution in [0.3, 0.4) is 0 Å². The summed E-state index contributed by atoms with van der Waals surface area (Å²) < 4.78 is 5.71. The van der Waals surface area contributed by atoms with Crippen molar-refractivity contribution in [1.29, 1.82) is 0 Å². The van der Waals surface area contributed by atoms with Gasteiger partial charge in [0.1, 0.15) is 5.75 Å². The predicted molar refractivity (Wildman–Crippen MR) is 62.3 cm³/mol. The second-order valence-electron chi connectivity index (χ2n) is 4.23. The number of aliphatic hydroxyl groups excluding tert-OH is 1. The monoisotopic (exact) mass is 208 g/mol. The Morgan fingerprint density at radius 3 is 2.20 bits per heavy atom. The lowest BCUT2D eigenvalue weighted by Crippen LogP contribution is -2.14. The average Bonchev–Trinajstić information content (AvgIpc) is 2.16. The largest absolute Gasteiger partial charge is 0.491 e. The highest BCUT2D eigenvalue weighted by Crippen LogP contribution is 2.29. The summed E-state index contributed by atoms with van der Waals surface area (Å²) in [6.07, 6.45) is -0.200. The van der Waals surface area contributed by atoms with Crippen molar-refractivity contribution in [1.82, 2.24) is 0 Å². The van der Waals surface area contributed by atoms with E-state index in [2.05, 4.69) is 0 Å². The molecule has 2 nitrogen and oxygen atoms in total. The summed E-state index contributed by atoms with van der Waals surface area (Å²) in [5, 5.41) is 9.58. The van der Waals surface area contributed by atoms with Crippen molar-refractivity contribution in [3.05, 3.63) is 29.8 Å². The molecule has 84 valence electrons. The quantitative estimate of drug-likeness (QED) is 0.824. The molecule has 0 aliphatic rings. The van der Waals surface area contributed by atoms with E-state index in [1.54, 1.807) is 6.92 Å². The molecule has 0 spiro atoms. The molecule has 2 atom stereocenters. The maximum atomic E-state index is 9.58. The van der Waals surface area contributed by atoms with Crippen molar-refractivity contribution in [3.8, 4) is 5.75 Å². The minimum Gasteiger partial charge on any atom is -0.491 e. The van der Waals surface area contributed by atoms with Crippen LogP contribution in [0.25, 0.3) is 0 Å². The Labute approximate surface area is 91.9 Å². The van der Waals surface area contributed by atoms with E-state index in [1.807, 2.05) is 45.0 Å². The minimum atomic E-state index is -0.359. The molecular weight excluding hydrogens is 188 g/mol. The molecule has 0 saturated carbocycles. The molecule has 15 heavy (non-hydrogen) atoms. The first-order valence-corrected chi connectivity index (χ1v) is 5.46. The lowest BCUT2D eigenvalue weighted by molar-refractivity contribution is 0.164. The van der Waals surface area contributed by atoms with Crippen LogP contribution in [-0.2, 0) is 0 Å². The molecule has 1 N–H and O–H groups in total. The first kappa shape index (κ1) is 12.1. The van der Waals surface area contributed by atoms with E-state index in [-0.39, 0.29) is 18.1 Å². The van der Waals surface area contributed by atoms with Gasteiger partial charge < -0.3 is 9.84 Å². The Morgan fingerprint density at radius 2 is 1.67 bits per heavy atom. The van der Waals surface area contributed by atoms with Gasteiger partial charge in [-0.2, -0.15) is 0 Å². The number of benzene rings is 1. The SMILES string of the molecule is CC(C)Oc1ccccc1C(C)C(C)O. The molecule has 0 radical (unpaired) electrons. The zero-order chi connectivity index (χ0) is 11.4. The van der Waals surface area contributed by atoms with Crippen molar-refractivity contribution >= 4 is 0 Å². The molecule has 0 aliphatic heterocycles. The van der Waals surface area contributed by atoms with Gasteiger partial charge in [-0.15, -0.1) is 0 Å². The Morgan fingerprint density at radius 1 is 1.07 bits per heavy atom. The van der Waals surface area contributed by atoms with Crippen LogP contribution in [0.5, 0.6) is 5.75 Å². The third-order valence-electron chi connectivity index (χ3n) is 2.50. The van der Waals surface area contributed by atoms with E-state index in [9.17, 15) is 5.11 Å². The van der Waals surface area contributed by atoms with E-state index >= 15 is 0 Å². The summed E-state index contributed by atoms with van der Waals surface area (Å²) in [4.78, 5) is 0. The van der Waals surface area contributed by atoms with Crippen LogP contribution in [0.4, 0.5) is 0 Å². The van der Waals surface area contributed by atoms with E-state index in [0.29, 0.717) is 0 Å². The molecular formula is C13H20O2. The topological polar surface area (TPSA) is 29.5 Å². The zero-order valence-electron chi connectivity index (χ0n) is 9.90. The summed E-state index contributed by atoms with van der Waals surface area (Å²) in [6, 6.07) is 7.89. The molecule has 0 heterocycles. The second-order valence-corrected chi connectivity index (χ2v) is 4.23. The predicted octanol–water partition coefficient (Wildman–Crippen LogP) is 2.96. The number of hydrogen-bond donors (Lipinski definition) is 1. The van der Waals surface area contributed by atoms with Crippen LogP contribution in [-0.4, -0.2) is 17.3 Å². The summed E-state index contributed by atoms with van der Waals surface area (Å²) in [6.45, 7) is 7.82. The zero-order valence-corrected chi connectivity index (χ0v) is 9.90. The summed E-state index contributed by atoms with van der Waals surface area (Å²) in [5.74, 6) is 0.973. The molecule has 1 rings (SSSR count). The van der Waals surface area contributed by atoms with Crippen molar-refractivity contribution < 1.29 is 9.84 Å². The first-order valence-electron chi connectivity index (χ1n) is 5.46. The molecule has 0 aromatic heterocycles. The van der Waals surface area contributed by atoms with Crippen LogP contribution in [0.2, 0.25) is 0 Å². The summed E-state index contributed by atoms with van der Waals surface area (Å²) in [7, 11) is 0. The fourth-order valence-corrected chi connectivity index (χ4v) is 1.48. The lowest BCUT2D eigenvalue weighted by atomic mass is 9.95. The molecule has 0 fully saturated rings. The molecule has 0 amide bonds.